The van der Waals surface area contributed by atoms with E-state index in [-0.39, 0.29) is 23.4 Å². The van der Waals surface area contributed by atoms with Gasteiger partial charge in [0.15, 0.2) is 11.6 Å². The lowest BCUT2D eigenvalue weighted by Gasteiger charge is -2.27. The number of ether oxygens (including phenoxy) is 1. The third-order valence-electron chi connectivity index (χ3n) is 6.12. The summed E-state index contributed by atoms with van der Waals surface area (Å²) in [5.74, 6) is 0.406. The van der Waals surface area contributed by atoms with Gasteiger partial charge in [-0.2, -0.15) is 0 Å². The average Bonchev–Trinajstić information content (AvgIpc) is 3.14. The van der Waals surface area contributed by atoms with E-state index in [2.05, 4.69) is 6.92 Å². The maximum atomic E-state index is 13.0. The minimum Gasteiger partial charge on any atom is -0.496 e. The van der Waals surface area contributed by atoms with E-state index in [0.29, 0.717) is 10.8 Å². The highest BCUT2D eigenvalue weighted by molar-refractivity contribution is 6.30. The summed E-state index contributed by atoms with van der Waals surface area (Å²) in [6.07, 6.45) is 3.26. The van der Waals surface area contributed by atoms with Crippen LogP contribution in [0.4, 0.5) is 0 Å². The molecular weight excluding hydrogens is 360 g/mol. The molecule has 3 nitrogen and oxygen atoms in total. The van der Waals surface area contributed by atoms with Crippen molar-refractivity contribution in [3.05, 3.63) is 52.5 Å². The van der Waals surface area contributed by atoms with Gasteiger partial charge in [0, 0.05) is 22.4 Å². The van der Waals surface area contributed by atoms with Gasteiger partial charge in [0.25, 0.3) is 0 Å². The molecular formula is C23H23ClO3. The van der Waals surface area contributed by atoms with Crippen molar-refractivity contribution >= 4 is 23.2 Å². The summed E-state index contributed by atoms with van der Waals surface area (Å²) >= 11 is 6.09. The van der Waals surface area contributed by atoms with Crippen LogP contribution in [0.1, 0.15) is 43.2 Å². The van der Waals surface area contributed by atoms with Gasteiger partial charge in [-0.05, 0) is 66.6 Å². The standard InChI is InChI=1S/C23H23ClO3/c1-3-13-4-5-14(18-9-8-17(24)12-20(18)27-2)11-19(13)21-22(25)15-6-7-16(10-15)23(21)26/h4-5,8-9,11-12,15-16,21H,3,6-7,10H2,1-2H3/t15-,16+,21?. The number of fused-ring (bicyclic) bond motifs is 2. The van der Waals surface area contributed by atoms with Gasteiger partial charge < -0.3 is 4.74 Å². The Morgan fingerprint density at radius 3 is 2.37 bits per heavy atom. The lowest BCUT2D eigenvalue weighted by molar-refractivity contribution is -0.135. The Morgan fingerprint density at radius 1 is 1.04 bits per heavy atom. The fourth-order valence-corrected chi connectivity index (χ4v) is 4.84. The molecule has 0 aromatic heterocycles. The van der Waals surface area contributed by atoms with Crippen molar-refractivity contribution in [3.63, 3.8) is 0 Å². The van der Waals surface area contributed by atoms with Crippen molar-refractivity contribution in [1.82, 2.24) is 0 Å². The van der Waals surface area contributed by atoms with Gasteiger partial charge >= 0.3 is 0 Å². The summed E-state index contributed by atoms with van der Waals surface area (Å²) in [7, 11) is 1.61. The molecule has 0 saturated heterocycles. The fourth-order valence-electron chi connectivity index (χ4n) is 4.67. The number of halogens is 1. The minimum atomic E-state index is -0.607. The topological polar surface area (TPSA) is 43.4 Å². The number of hydrogen-bond donors (Lipinski definition) is 0. The van der Waals surface area contributed by atoms with E-state index >= 15 is 0 Å². The molecule has 1 unspecified atom stereocenters. The van der Waals surface area contributed by atoms with Gasteiger partial charge in [-0.15, -0.1) is 0 Å². The van der Waals surface area contributed by atoms with E-state index in [0.717, 1.165) is 47.9 Å². The monoisotopic (exact) mass is 382 g/mol. The largest absolute Gasteiger partial charge is 0.496 e. The lowest BCUT2D eigenvalue weighted by Crippen LogP contribution is -2.35. The molecule has 2 saturated carbocycles. The van der Waals surface area contributed by atoms with E-state index in [1.807, 2.05) is 30.3 Å². The van der Waals surface area contributed by atoms with Crippen LogP contribution in [0.15, 0.2) is 36.4 Å². The van der Waals surface area contributed by atoms with Crippen molar-refractivity contribution in [3.8, 4) is 16.9 Å². The fraction of sp³-hybridized carbons (Fsp3) is 0.391. The molecule has 2 aliphatic carbocycles. The van der Waals surface area contributed by atoms with E-state index in [9.17, 15) is 9.59 Å². The van der Waals surface area contributed by atoms with Crippen molar-refractivity contribution < 1.29 is 14.3 Å². The summed E-state index contributed by atoms with van der Waals surface area (Å²) < 4.78 is 5.49. The third-order valence-corrected chi connectivity index (χ3v) is 6.35. The van der Waals surface area contributed by atoms with Gasteiger partial charge in [-0.1, -0.05) is 30.7 Å². The first kappa shape index (κ1) is 18.2. The molecule has 27 heavy (non-hydrogen) atoms. The Balaban J connectivity index is 1.83. The number of rotatable bonds is 4. The molecule has 4 heteroatoms. The van der Waals surface area contributed by atoms with Gasteiger partial charge in [0.2, 0.25) is 0 Å². The summed E-state index contributed by atoms with van der Waals surface area (Å²) in [4.78, 5) is 26.0. The highest BCUT2D eigenvalue weighted by Crippen LogP contribution is 2.45. The molecule has 2 aromatic carbocycles. The zero-order chi connectivity index (χ0) is 19.1. The normalized spacial score (nSPS) is 24.3. The maximum absolute atomic E-state index is 13.0. The summed E-state index contributed by atoms with van der Waals surface area (Å²) in [5, 5.41) is 0.607. The van der Waals surface area contributed by atoms with Crippen molar-refractivity contribution in [2.75, 3.05) is 7.11 Å². The van der Waals surface area contributed by atoms with Crippen LogP contribution in [0, 0.1) is 11.8 Å². The Kier molecular flexibility index (Phi) is 4.81. The predicted octanol–water partition coefficient (Wildman–Crippen LogP) is 5.23. The Morgan fingerprint density at radius 2 is 1.74 bits per heavy atom. The smallest absolute Gasteiger partial charge is 0.150 e. The molecule has 2 aromatic rings. The van der Waals surface area contributed by atoms with Crippen LogP contribution in [-0.4, -0.2) is 18.7 Å². The molecule has 2 aliphatic rings. The first-order valence-corrected chi connectivity index (χ1v) is 9.95. The number of methoxy groups -OCH3 is 1. The predicted molar refractivity (Wildman–Crippen MR) is 106 cm³/mol. The van der Waals surface area contributed by atoms with Crippen molar-refractivity contribution in [1.29, 1.82) is 0 Å². The molecule has 0 amide bonds. The van der Waals surface area contributed by atoms with E-state index < -0.39 is 5.92 Å². The van der Waals surface area contributed by atoms with E-state index in [1.54, 1.807) is 13.2 Å². The number of hydrogen-bond acceptors (Lipinski definition) is 3. The second kappa shape index (κ2) is 7.12. The number of aryl methyl sites for hydroxylation is 1. The van der Waals surface area contributed by atoms with Gasteiger partial charge in [0.05, 0.1) is 7.11 Å². The van der Waals surface area contributed by atoms with Gasteiger partial charge in [-0.3, -0.25) is 9.59 Å². The third kappa shape index (κ3) is 3.08. The quantitative estimate of drug-likeness (QED) is 0.680. The zero-order valence-corrected chi connectivity index (χ0v) is 16.4. The molecule has 0 radical (unpaired) electrons. The van der Waals surface area contributed by atoms with Gasteiger partial charge in [-0.25, -0.2) is 0 Å². The second-order valence-electron chi connectivity index (χ2n) is 7.56. The van der Waals surface area contributed by atoms with Crippen LogP contribution in [0.3, 0.4) is 0 Å². The van der Waals surface area contributed by atoms with Crippen LogP contribution in [-0.2, 0) is 16.0 Å². The van der Waals surface area contributed by atoms with Crippen molar-refractivity contribution in [2.45, 2.75) is 38.5 Å². The van der Waals surface area contributed by atoms with E-state index in [1.165, 1.54) is 0 Å². The van der Waals surface area contributed by atoms with Crippen LogP contribution < -0.4 is 4.74 Å². The molecule has 2 fully saturated rings. The molecule has 0 spiro atoms. The molecule has 0 heterocycles. The molecule has 3 atom stereocenters. The Hall–Kier alpha value is -2.13. The molecule has 0 aliphatic heterocycles. The van der Waals surface area contributed by atoms with Crippen molar-refractivity contribution in [2.24, 2.45) is 11.8 Å². The summed E-state index contributed by atoms with van der Waals surface area (Å²) in [6, 6.07) is 11.6. The highest BCUT2D eigenvalue weighted by atomic mass is 35.5. The van der Waals surface area contributed by atoms with E-state index in [4.69, 9.17) is 16.3 Å². The second-order valence-corrected chi connectivity index (χ2v) is 7.99. The summed E-state index contributed by atoms with van der Waals surface area (Å²) in [5.41, 5.74) is 3.79. The van der Waals surface area contributed by atoms with Gasteiger partial charge in [0.1, 0.15) is 11.7 Å². The zero-order valence-electron chi connectivity index (χ0n) is 15.6. The molecule has 140 valence electrons. The van der Waals surface area contributed by atoms with Crippen LogP contribution in [0.5, 0.6) is 5.75 Å². The molecule has 4 rings (SSSR count). The van der Waals surface area contributed by atoms with Crippen LogP contribution in [0.25, 0.3) is 11.1 Å². The van der Waals surface area contributed by atoms with Crippen LogP contribution >= 0.6 is 11.6 Å². The number of Topliss-reactive ketones (excluding diaryl/α,β-unsaturated/α-hetero) is 2. The highest BCUT2D eigenvalue weighted by Gasteiger charge is 2.47. The first-order valence-electron chi connectivity index (χ1n) is 9.57. The molecule has 2 bridgehead atoms. The summed E-state index contributed by atoms with van der Waals surface area (Å²) in [6.45, 7) is 2.06. The number of carbonyl (C=O) groups excluding carboxylic acids is 2. The number of carbonyl (C=O) groups is 2. The Bertz CT molecular complexity index is 896. The minimum absolute atomic E-state index is 0.0520. The first-order chi connectivity index (χ1) is 13.0. The average molecular weight is 383 g/mol. The number of benzene rings is 2. The molecule has 0 N–H and O–H groups in total. The lowest BCUT2D eigenvalue weighted by atomic mass is 9.73. The maximum Gasteiger partial charge on any atom is 0.150 e. The SMILES string of the molecule is CCc1ccc(-c2ccc(Cl)cc2OC)cc1C1C(=O)[C@@H]2CC[C@@H](C2)C1=O. The van der Waals surface area contributed by atoms with Crippen LogP contribution in [0.2, 0.25) is 5.02 Å². The Labute approximate surface area is 164 Å². The number of ketones is 2.